The maximum absolute atomic E-state index is 13.5. The van der Waals surface area contributed by atoms with Crippen molar-refractivity contribution in [3.8, 4) is 0 Å². The third-order valence-corrected chi connectivity index (χ3v) is 8.94. The van der Waals surface area contributed by atoms with E-state index in [-0.39, 0.29) is 48.5 Å². The van der Waals surface area contributed by atoms with E-state index in [9.17, 15) is 19.7 Å². The standard InChI is InChI=1S/C28H31N5O6SSi/c1-18(39-41(2,3)4)25-22-16-24(40-23(14-15-30-31-29)20-8-6-5-7-9-20)26(32(22)27(25)34)28(35)38-17-19-10-12-21(13-11-19)33(36)37/h5-14,18,22,25H,15-17H2,1-4H3/t18-,22+,25-/m0/s1. The normalized spacial score (nSPS) is 19.3. The highest BCUT2D eigenvalue weighted by Gasteiger charge is 2.58. The molecule has 41 heavy (non-hydrogen) atoms. The van der Waals surface area contributed by atoms with E-state index < -0.39 is 19.2 Å². The van der Waals surface area contributed by atoms with Gasteiger partial charge in [-0.1, -0.05) is 53.3 Å². The molecule has 0 spiro atoms. The van der Waals surface area contributed by atoms with Gasteiger partial charge in [-0.25, -0.2) is 4.79 Å². The van der Waals surface area contributed by atoms with Crippen molar-refractivity contribution in [2.75, 3.05) is 6.54 Å². The molecule has 3 atom stereocenters. The highest BCUT2D eigenvalue weighted by molar-refractivity contribution is 8.11. The first-order chi connectivity index (χ1) is 19.5. The lowest BCUT2D eigenvalue weighted by atomic mass is 9.83. The molecule has 0 aliphatic carbocycles. The molecular formula is C28H31N5O6SSi. The number of amides is 1. The fourth-order valence-electron chi connectivity index (χ4n) is 4.97. The highest BCUT2D eigenvalue weighted by atomic mass is 32.2. The third-order valence-electron chi connectivity index (χ3n) is 6.64. The van der Waals surface area contributed by atoms with Gasteiger partial charge >= 0.3 is 5.97 Å². The number of benzene rings is 2. The summed E-state index contributed by atoms with van der Waals surface area (Å²) in [5, 5.41) is 14.6. The summed E-state index contributed by atoms with van der Waals surface area (Å²) in [5.74, 6) is -1.22. The van der Waals surface area contributed by atoms with E-state index in [0.29, 0.717) is 16.9 Å². The second-order valence-corrected chi connectivity index (χ2v) is 16.3. The lowest BCUT2D eigenvalue weighted by Gasteiger charge is -2.47. The van der Waals surface area contributed by atoms with E-state index in [4.69, 9.17) is 14.7 Å². The van der Waals surface area contributed by atoms with Crippen LogP contribution in [0.1, 0.15) is 24.5 Å². The fraction of sp³-hybridized carbons (Fsp3) is 0.357. The largest absolute Gasteiger partial charge is 0.456 e. The number of carbonyl (C=O) groups is 2. The van der Waals surface area contributed by atoms with Gasteiger partial charge < -0.3 is 14.1 Å². The topological polar surface area (TPSA) is 148 Å². The number of non-ortho nitro benzene ring substituents is 1. The quantitative estimate of drug-likeness (QED) is 0.0404. The molecule has 2 aromatic carbocycles. The van der Waals surface area contributed by atoms with E-state index in [1.165, 1.54) is 40.9 Å². The molecule has 0 saturated carbocycles. The first-order valence-corrected chi connectivity index (χ1v) is 17.3. The molecule has 0 N–H and O–H groups in total. The molecule has 2 aliphatic heterocycles. The summed E-state index contributed by atoms with van der Waals surface area (Å²) in [6.07, 6.45) is 1.94. The van der Waals surface area contributed by atoms with Crippen molar-refractivity contribution >= 4 is 42.5 Å². The number of carbonyl (C=O) groups excluding carboxylic acids is 2. The molecule has 0 unspecified atom stereocenters. The highest BCUT2D eigenvalue weighted by Crippen LogP contribution is 2.50. The lowest BCUT2D eigenvalue weighted by Crippen LogP contribution is -2.63. The zero-order chi connectivity index (χ0) is 29.7. The van der Waals surface area contributed by atoms with Crippen LogP contribution in [-0.4, -0.2) is 48.7 Å². The van der Waals surface area contributed by atoms with E-state index in [1.54, 1.807) is 6.08 Å². The minimum Gasteiger partial charge on any atom is -0.456 e. The van der Waals surface area contributed by atoms with E-state index in [1.807, 2.05) is 37.3 Å². The number of thioether (sulfide) groups is 1. The zero-order valence-corrected chi connectivity index (χ0v) is 25.0. The van der Waals surface area contributed by atoms with Gasteiger partial charge in [0.2, 0.25) is 5.91 Å². The Hall–Kier alpha value is -3.90. The number of ether oxygens (including phenoxy) is 1. The monoisotopic (exact) mass is 593 g/mol. The molecule has 0 aromatic heterocycles. The number of rotatable bonds is 12. The summed E-state index contributed by atoms with van der Waals surface area (Å²) in [4.78, 5) is 43.2. The number of nitro benzene ring substituents is 1. The maximum Gasteiger partial charge on any atom is 0.356 e. The second kappa shape index (κ2) is 12.7. The van der Waals surface area contributed by atoms with Gasteiger partial charge in [-0.3, -0.25) is 14.9 Å². The van der Waals surface area contributed by atoms with Crippen LogP contribution in [0.25, 0.3) is 15.3 Å². The molecule has 0 bridgehead atoms. The van der Waals surface area contributed by atoms with Crippen molar-refractivity contribution in [1.29, 1.82) is 0 Å². The van der Waals surface area contributed by atoms with Crippen molar-refractivity contribution in [3.05, 3.63) is 103 Å². The van der Waals surface area contributed by atoms with E-state index in [0.717, 1.165) is 10.5 Å². The van der Waals surface area contributed by atoms with Gasteiger partial charge in [0.05, 0.1) is 23.0 Å². The van der Waals surface area contributed by atoms with Crippen LogP contribution in [0, 0.1) is 16.0 Å². The molecule has 2 heterocycles. The van der Waals surface area contributed by atoms with Gasteiger partial charge in [0.25, 0.3) is 5.69 Å². The molecule has 214 valence electrons. The summed E-state index contributed by atoms with van der Waals surface area (Å²) >= 11 is 1.35. The Morgan fingerprint density at radius 2 is 1.93 bits per heavy atom. The Kier molecular flexibility index (Phi) is 9.34. The number of hydrogen-bond donors (Lipinski definition) is 0. The number of esters is 1. The van der Waals surface area contributed by atoms with Crippen LogP contribution in [0.3, 0.4) is 0 Å². The number of fused-ring (bicyclic) bond motifs is 1. The Balaban J connectivity index is 1.63. The molecule has 2 aliphatic rings. The minimum absolute atomic E-state index is 0.0621. The van der Waals surface area contributed by atoms with Crippen molar-refractivity contribution < 1.29 is 23.7 Å². The van der Waals surface area contributed by atoms with Crippen molar-refractivity contribution in [3.63, 3.8) is 0 Å². The van der Waals surface area contributed by atoms with Crippen LogP contribution < -0.4 is 0 Å². The Morgan fingerprint density at radius 1 is 1.24 bits per heavy atom. The second-order valence-electron chi connectivity index (χ2n) is 10.7. The zero-order valence-electron chi connectivity index (χ0n) is 23.2. The summed E-state index contributed by atoms with van der Waals surface area (Å²) in [5.41, 5.74) is 10.4. The summed E-state index contributed by atoms with van der Waals surface area (Å²) in [7, 11) is -1.92. The number of hydrogen-bond acceptors (Lipinski definition) is 8. The fourth-order valence-corrected chi connectivity index (χ4v) is 7.45. The lowest BCUT2D eigenvalue weighted by molar-refractivity contribution is -0.384. The number of azide groups is 1. The maximum atomic E-state index is 13.5. The molecular weight excluding hydrogens is 562 g/mol. The van der Waals surface area contributed by atoms with Crippen molar-refractivity contribution in [2.24, 2.45) is 11.0 Å². The van der Waals surface area contributed by atoms with Gasteiger partial charge in [-0.2, -0.15) is 0 Å². The molecule has 11 nitrogen and oxygen atoms in total. The van der Waals surface area contributed by atoms with Crippen molar-refractivity contribution in [2.45, 2.75) is 51.7 Å². The molecule has 2 aromatic rings. The smallest absolute Gasteiger partial charge is 0.356 e. The molecule has 13 heteroatoms. The van der Waals surface area contributed by atoms with Crippen LogP contribution in [0.4, 0.5) is 5.69 Å². The first kappa shape index (κ1) is 30.1. The average molecular weight is 594 g/mol. The Bertz CT molecular complexity index is 1430. The predicted octanol–water partition coefficient (Wildman–Crippen LogP) is 6.40. The van der Waals surface area contributed by atoms with Gasteiger partial charge in [0.1, 0.15) is 12.3 Å². The Morgan fingerprint density at radius 3 is 2.54 bits per heavy atom. The van der Waals surface area contributed by atoms with Crippen LogP contribution in [0.15, 0.2) is 76.4 Å². The van der Waals surface area contributed by atoms with Crippen LogP contribution in [-0.2, 0) is 25.4 Å². The Labute approximate surface area is 243 Å². The third kappa shape index (κ3) is 7.06. The number of nitro groups is 1. The molecule has 4 rings (SSSR count). The van der Waals surface area contributed by atoms with Crippen LogP contribution in [0.5, 0.6) is 0 Å². The molecule has 1 saturated heterocycles. The molecule has 1 amide bonds. The van der Waals surface area contributed by atoms with E-state index >= 15 is 0 Å². The van der Waals surface area contributed by atoms with Gasteiger partial charge in [0, 0.05) is 39.8 Å². The van der Waals surface area contributed by atoms with Crippen molar-refractivity contribution in [1.82, 2.24) is 4.90 Å². The number of nitrogens with zero attached hydrogens (tertiary/aromatic N) is 5. The van der Waals surface area contributed by atoms with Gasteiger partial charge in [-0.05, 0) is 55.4 Å². The predicted molar refractivity (Wildman–Crippen MR) is 159 cm³/mol. The molecule has 1 fully saturated rings. The first-order valence-electron chi connectivity index (χ1n) is 13.1. The van der Waals surface area contributed by atoms with E-state index in [2.05, 4.69) is 29.7 Å². The molecule has 0 radical (unpaired) electrons. The van der Waals surface area contributed by atoms with Gasteiger partial charge in [0.15, 0.2) is 8.32 Å². The summed E-state index contributed by atoms with van der Waals surface area (Å²) < 4.78 is 11.9. The summed E-state index contributed by atoms with van der Waals surface area (Å²) in [6.45, 7) is 8.13. The minimum atomic E-state index is -1.92. The average Bonchev–Trinajstić information content (AvgIpc) is 3.24. The number of β-lactam (4-membered cyclic amide) rings is 1. The van der Waals surface area contributed by atoms with Gasteiger partial charge in [-0.15, -0.1) is 0 Å². The van der Waals surface area contributed by atoms with Crippen LogP contribution >= 0.6 is 11.8 Å². The van der Waals surface area contributed by atoms with Crippen LogP contribution in [0.2, 0.25) is 19.6 Å². The SMILES string of the molecule is C[C@H](O[Si](C)(C)C)[C@@H]1C(=O)N2C(C(=O)OCc3ccc([N+](=O)[O-])cc3)=C(SC(=CCN=[N+]=[N-])c3ccccc3)C[C@H]12. The summed E-state index contributed by atoms with van der Waals surface area (Å²) in [6, 6.07) is 15.0.